The highest BCUT2D eigenvalue weighted by Crippen LogP contribution is 2.42. The molecule has 4 heteroatoms. The molecule has 0 aromatic heterocycles. The zero-order valence-corrected chi connectivity index (χ0v) is 13.1. The minimum atomic E-state index is -0.434. The Bertz CT molecular complexity index is 373. The average molecular weight is 280 g/mol. The number of fused-ring (bicyclic) bond motifs is 2. The predicted octanol–water partition coefficient (Wildman–Crippen LogP) is 2.70. The van der Waals surface area contributed by atoms with Crippen LogP contribution in [0.15, 0.2) is 12.2 Å². The van der Waals surface area contributed by atoms with Gasteiger partial charge in [0.15, 0.2) is 0 Å². The molecule has 20 heavy (non-hydrogen) atoms. The van der Waals surface area contributed by atoms with Crippen LogP contribution < -0.4 is 10.6 Å². The molecule has 0 spiro atoms. The second kappa shape index (κ2) is 6.17. The average Bonchev–Trinajstić information content (AvgIpc) is 2.93. The largest absolute Gasteiger partial charge is 0.444 e. The second-order valence-corrected chi connectivity index (χ2v) is 7.23. The van der Waals surface area contributed by atoms with Gasteiger partial charge in [0.1, 0.15) is 5.60 Å². The van der Waals surface area contributed by atoms with E-state index in [9.17, 15) is 4.79 Å². The normalized spacial score (nSPS) is 29.5. The lowest BCUT2D eigenvalue weighted by atomic mass is 9.93. The van der Waals surface area contributed by atoms with Crippen molar-refractivity contribution in [2.45, 2.75) is 52.2 Å². The molecule has 0 heterocycles. The van der Waals surface area contributed by atoms with Crippen LogP contribution in [0.5, 0.6) is 0 Å². The third-order valence-electron chi connectivity index (χ3n) is 4.10. The summed E-state index contributed by atoms with van der Waals surface area (Å²) in [6, 6.07) is 0.269. The van der Waals surface area contributed by atoms with E-state index in [-0.39, 0.29) is 12.1 Å². The fraction of sp³-hybridized carbons (Fsp3) is 0.812. The van der Waals surface area contributed by atoms with Crippen molar-refractivity contribution in [3.63, 3.8) is 0 Å². The quantitative estimate of drug-likeness (QED) is 0.761. The molecule has 0 radical (unpaired) electrons. The lowest BCUT2D eigenvalue weighted by Gasteiger charge is -2.23. The number of alkyl carbamates (subject to hydrolysis) is 1. The Morgan fingerprint density at radius 2 is 2.10 bits per heavy atom. The van der Waals surface area contributed by atoms with Gasteiger partial charge in [-0.2, -0.15) is 0 Å². The van der Waals surface area contributed by atoms with Gasteiger partial charge in [0.2, 0.25) is 0 Å². The molecule has 2 aliphatic carbocycles. The van der Waals surface area contributed by atoms with Gasteiger partial charge >= 0.3 is 6.09 Å². The van der Waals surface area contributed by atoms with Crippen molar-refractivity contribution < 1.29 is 9.53 Å². The van der Waals surface area contributed by atoms with E-state index in [1.54, 1.807) is 0 Å². The topological polar surface area (TPSA) is 50.4 Å². The molecule has 114 valence electrons. The predicted molar refractivity (Wildman–Crippen MR) is 80.5 cm³/mol. The third kappa shape index (κ3) is 4.51. The number of carbonyl (C=O) groups excluding carboxylic acids is 1. The van der Waals surface area contributed by atoms with Gasteiger partial charge in [0, 0.05) is 12.6 Å². The van der Waals surface area contributed by atoms with Crippen LogP contribution in [0.25, 0.3) is 0 Å². The molecule has 0 aromatic rings. The van der Waals surface area contributed by atoms with E-state index in [0.717, 1.165) is 24.3 Å². The van der Waals surface area contributed by atoms with Crippen LogP contribution >= 0.6 is 0 Å². The number of carbonyl (C=O) groups is 1. The van der Waals surface area contributed by atoms with E-state index in [2.05, 4.69) is 29.7 Å². The lowest BCUT2D eigenvalue weighted by Crippen LogP contribution is -2.42. The number of amides is 1. The summed E-state index contributed by atoms with van der Waals surface area (Å²) >= 11 is 0. The molecule has 0 aromatic carbocycles. The van der Waals surface area contributed by atoms with Crippen LogP contribution in [0.4, 0.5) is 4.79 Å². The first-order valence-corrected chi connectivity index (χ1v) is 7.72. The first-order valence-electron chi connectivity index (χ1n) is 7.72. The van der Waals surface area contributed by atoms with Gasteiger partial charge in [-0.1, -0.05) is 12.2 Å². The van der Waals surface area contributed by atoms with Crippen molar-refractivity contribution >= 4 is 6.09 Å². The minimum absolute atomic E-state index is 0.269. The number of rotatable bonds is 5. The third-order valence-corrected chi connectivity index (χ3v) is 4.10. The Hall–Kier alpha value is -1.03. The molecule has 2 rings (SSSR count). The number of hydrogen-bond donors (Lipinski definition) is 2. The van der Waals surface area contributed by atoms with Crippen LogP contribution in [0, 0.1) is 17.8 Å². The number of hydrogen-bond acceptors (Lipinski definition) is 3. The van der Waals surface area contributed by atoms with E-state index >= 15 is 0 Å². The van der Waals surface area contributed by atoms with Crippen LogP contribution in [0.3, 0.4) is 0 Å². The molecular weight excluding hydrogens is 252 g/mol. The molecule has 1 saturated carbocycles. The van der Waals surface area contributed by atoms with Crippen molar-refractivity contribution in [1.82, 2.24) is 10.6 Å². The molecule has 2 bridgehead atoms. The highest BCUT2D eigenvalue weighted by molar-refractivity contribution is 5.67. The maximum Gasteiger partial charge on any atom is 0.407 e. The SMILES string of the molecule is CC(CNC(=O)OC(C)(C)C)NCC1CC2C=CC1C2. The van der Waals surface area contributed by atoms with Crippen LogP contribution in [0.2, 0.25) is 0 Å². The Kier molecular flexibility index (Phi) is 4.74. The first-order chi connectivity index (χ1) is 9.33. The summed E-state index contributed by atoms with van der Waals surface area (Å²) in [5.41, 5.74) is -0.434. The maximum absolute atomic E-state index is 11.6. The molecule has 4 nitrogen and oxygen atoms in total. The fourth-order valence-corrected chi connectivity index (χ4v) is 3.10. The van der Waals surface area contributed by atoms with Crippen molar-refractivity contribution in [3.8, 4) is 0 Å². The highest BCUT2D eigenvalue weighted by Gasteiger charge is 2.35. The summed E-state index contributed by atoms with van der Waals surface area (Å²) < 4.78 is 5.22. The number of allylic oxidation sites excluding steroid dienone is 2. The van der Waals surface area contributed by atoms with Gasteiger partial charge in [-0.3, -0.25) is 0 Å². The van der Waals surface area contributed by atoms with Crippen LogP contribution in [-0.4, -0.2) is 30.8 Å². The first kappa shape index (κ1) is 15.4. The van der Waals surface area contributed by atoms with E-state index in [0.29, 0.717) is 6.54 Å². The standard InChI is InChI=1S/C16H28N2O2/c1-11(9-18-15(19)20-16(2,3)4)17-10-14-8-12-5-6-13(14)7-12/h5-6,11-14,17H,7-10H2,1-4H3,(H,18,19). The summed E-state index contributed by atoms with van der Waals surface area (Å²) in [5.74, 6) is 2.37. The molecule has 2 N–H and O–H groups in total. The van der Waals surface area contributed by atoms with Crippen molar-refractivity contribution in [1.29, 1.82) is 0 Å². The van der Waals surface area contributed by atoms with Crippen molar-refractivity contribution in [2.75, 3.05) is 13.1 Å². The van der Waals surface area contributed by atoms with E-state index in [4.69, 9.17) is 4.74 Å². The lowest BCUT2D eigenvalue weighted by molar-refractivity contribution is 0.0523. The van der Waals surface area contributed by atoms with Gasteiger partial charge in [-0.15, -0.1) is 0 Å². The number of ether oxygens (including phenoxy) is 1. The Balaban J connectivity index is 1.60. The summed E-state index contributed by atoms with van der Waals surface area (Å²) in [4.78, 5) is 11.6. The Morgan fingerprint density at radius 1 is 1.35 bits per heavy atom. The zero-order chi connectivity index (χ0) is 14.8. The van der Waals surface area contributed by atoms with Gasteiger partial charge in [0.05, 0.1) is 0 Å². The van der Waals surface area contributed by atoms with Gasteiger partial charge in [0.25, 0.3) is 0 Å². The molecule has 4 unspecified atom stereocenters. The van der Waals surface area contributed by atoms with Gasteiger partial charge < -0.3 is 15.4 Å². The molecule has 2 aliphatic rings. The molecule has 4 atom stereocenters. The zero-order valence-electron chi connectivity index (χ0n) is 13.1. The molecule has 1 fully saturated rings. The smallest absolute Gasteiger partial charge is 0.407 e. The summed E-state index contributed by atoms with van der Waals surface area (Å²) in [5, 5.41) is 6.33. The maximum atomic E-state index is 11.6. The summed E-state index contributed by atoms with van der Waals surface area (Å²) in [7, 11) is 0. The van der Waals surface area contributed by atoms with E-state index < -0.39 is 5.60 Å². The fourth-order valence-electron chi connectivity index (χ4n) is 3.10. The van der Waals surface area contributed by atoms with Gasteiger partial charge in [-0.05, 0) is 64.8 Å². The monoisotopic (exact) mass is 280 g/mol. The molecule has 0 saturated heterocycles. The molecular formula is C16H28N2O2. The molecule has 1 amide bonds. The van der Waals surface area contributed by atoms with Gasteiger partial charge in [-0.25, -0.2) is 4.79 Å². The van der Waals surface area contributed by atoms with E-state index in [1.165, 1.54) is 12.8 Å². The summed E-state index contributed by atoms with van der Waals surface area (Å²) in [6.45, 7) is 9.36. The van der Waals surface area contributed by atoms with Crippen LogP contribution in [0.1, 0.15) is 40.5 Å². The minimum Gasteiger partial charge on any atom is -0.444 e. The summed E-state index contributed by atoms with van der Waals surface area (Å²) in [6.07, 6.45) is 7.07. The Morgan fingerprint density at radius 3 is 2.65 bits per heavy atom. The van der Waals surface area contributed by atoms with Crippen molar-refractivity contribution in [2.24, 2.45) is 17.8 Å². The number of nitrogens with one attached hydrogen (secondary N) is 2. The van der Waals surface area contributed by atoms with Crippen molar-refractivity contribution in [3.05, 3.63) is 12.2 Å². The van der Waals surface area contributed by atoms with E-state index in [1.807, 2.05) is 20.8 Å². The Labute approximate surface area is 122 Å². The highest BCUT2D eigenvalue weighted by atomic mass is 16.6. The molecule has 0 aliphatic heterocycles. The second-order valence-electron chi connectivity index (χ2n) is 7.23. The van der Waals surface area contributed by atoms with Crippen LogP contribution in [-0.2, 0) is 4.74 Å².